The van der Waals surface area contributed by atoms with E-state index in [2.05, 4.69) is 21.0 Å². The van der Waals surface area contributed by atoms with Crippen LogP contribution in [0.3, 0.4) is 0 Å². The number of nitrogens with two attached hydrogens (primary N) is 1. The minimum atomic E-state index is 0.346. The molecule has 3 aromatic rings. The highest BCUT2D eigenvalue weighted by Crippen LogP contribution is 2.37. The summed E-state index contributed by atoms with van der Waals surface area (Å²) >= 11 is 1.71. The molecule has 4 rings (SSSR count). The largest absolute Gasteiger partial charge is 0.330 e. The molecule has 0 aromatic carbocycles. The van der Waals surface area contributed by atoms with Gasteiger partial charge in [0, 0.05) is 6.04 Å². The number of aromatic nitrogens is 3. The summed E-state index contributed by atoms with van der Waals surface area (Å²) in [5.74, 6) is 1.52. The zero-order valence-electron chi connectivity index (χ0n) is 12.9. The molecule has 2 N–H and O–H groups in total. The highest BCUT2D eigenvalue weighted by atomic mass is 32.1. The number of imidazole rings is 1. The monoisotopic (exact) mass is 325 g/mol. The van der Waals surface area contributed by atoms with Crippen LogP contribution in [0.2, 0.25) is 0 Å². The predicted octanol–water partition coefficient (Wildman–Crippen LogP) is 3.40. The van der Waals surface area contributed by atoms with Crippen LogP contribution >= 0.6 is 11.3 Å². The molecule has 0 saturated heterocycles. The van der Waals surface area contributed by atoms with E-state index in [1.165, 1.54) is 4.70 Å². The lowest BCUT2D eigenvalue weighted by Crippen LogP contribution is -2.24. The zero-order valence-corrected chi connectivity index (χ0v) is 13.7. The molecule has 0 bridgehead atoms. The first kappa shape index (κ1) is 14.6. The Bertz CT molecular complexity index is 880. The summed E-state index contributed by atoms with van der Waals surface area (Å²) in [6, 6.07) is 4.73. The molecule has 1 aliphatic rings. The Labute approximate surface area is 138 Å². The molecular weight excluding hydrogens is 306 g/mol. The van der Waals surface area contributed by atoms with E-state index in [0.717, 1.165) is 54.6 Å². The fourth-order valence-electron chi connectivity index (χ4n) is 3.75. The van der Waals surface area contributed by atoms with E-state index in [1.807, 2.05) is 12.3 Å². The number of fused-ring (bicyclic) bond motifs is 3. The lowest BCUT2D eigenvalue weighted by molar-refractivity contribution is 0.280. The SMILES string of the molecule is N#CCc1nc2cnc3ccsc3c2n1[C@H]1CC[C@H](CN)CC1. The van der Waals surface area contributed by atoms with Crippen molar-refractivity contribution in [1.29, 1.82) is 5.26 Å². The van der Waals surface area contributed by atoms with E-state index in [0.29, 0.717) is 18.4 Å². The van der Waals surface area contributed by atoms with Gasteiger partial charge in [0.15, 0.2) is 0 Å². The summed E-state index contributed by atoms with van der Waals surface area (Å²) < 4.78 is 3.51. The van der Waals surface area contributed by atoms with Crippen molar-refractivity contribution in [3.8, 4) is 6.07 Å². The molecule has 0 aliphatic heterocycles. The van der Waals surface area contributed by atoms with Crippen molar-refractivity contribution in [3.63, 3.8) is 0 Å². The summed E-state index contributed by atoms with van der Waals surface area (Å²) in [4.78, 5) is 9.20. The Morgan fingerprint density at radius 1 is 1.30 bits per heavy atom. The Morgan fingerprint density at radius 3 is 2.87 bits per heavy atom. The molecule has 3 aromatic heterocycles. The first-order valence-corrected chi connectivity index (χ1v) is 8.99. The fraction of sp³-hybridized carbons (Fsp3) is 0.471. The highest BCUT2D eigenvalue weighted by molar-refractivity contribution is 7.18. The van der Waals surface area contributed by atoms with Gasteiger partial charge < -0.3 is 10.3 Å². The predicted molar refractivity (Wildman–Crippen MR) is 92.3 cm³/mol. The molecule has 0 atom stereocenters. The summed E-state index contributed by atoms with van der Waals surface area (Å²) in [6.45, 7) is 0.779. The summed E-state index contributed by atoms with van der Waals surface area (Å²) in [6.07, 6.45) is 6.73. The van der Waals surface area contributed by atoms with Crippen LogP contribution in [-0.4, -0.2) is 21.1 Å². The van der Waals surface area contributed by atoms with Gasteiger partial charge in [-0.25, -0.2) is 4.98 Å². The van der Waals surface area contributed by atoms with Gasteiger partial charge >= 0.3 is 0 Å². The first-order valence-electron chi connectivity index (χ1n) is 8.12. The molecule has 1 saturated carbocycles. The minimum Gasteiger partial charge on any atom is -0.330 e. The Morgan fingerprint density at radius 2 is 2.13 bits per heavy atom. The van der Waals surface area contributed by atoms with Gasteiger partial charge in [-0.05, 0) is 49.6 Å². The molecule has 3 heterocycles. The highest BCUT2D eigenvalue weighted by Gasteiger charge is 2.26. The van der Waals surface area contributed by atoms with Crippen LogP contribution in [0.1, 0.15) is 37.5 Å². The number of thiophene rings is 1. The molecule has 118 valence electrons. The van der Waals surface area contributed by atoms with Gasteiger partial charge in [-0.1, -0.05) is 0 Å². The second kappa shape index (κ2) is 5.91. The van der Waals surface area contributed by atoms with Crippen LogP contribution in [0.5, 0.6) is 0 Å². The van der Waals surface area contributed by atoms with Gasteiger partial charge in [-0.3, -0.25) is 4.98 Å². The van der Waals surface area contributed by atoms with Crippen molar-refractivity contribution in [2.24, 2.45) is 11.7 Å². The number of rotatable bonds is 3. The maximum atomic E-state index is 9.19. The van der Waals surface area contributed by atoms with Crippen LogP contribution in [0, 0.1) is 17.2 Å². The van der Waals surface area contributed by atoms with E-state index in [1.54, 1.807) is 11.3 Å². The van der Waals surface area contributed by atoms with E-state index >= 15 is 0 Å². The van der Waals surface area contributed by atoms with Gasteiger partial charge in [-0.2, -0.15) is 5.26 Å². The molecule has 1 fully saturated rings. The van der Waals surface area contributed by atoms with Crippen molar-refractivity contribution >= 4 is 32.6 Å². The molecule has 0 spiro atoms. The van der Waals surface area contributed by atoms with Crippen molar-refractivity contribution in [2.45, 2.75) is 38.1 Å². The average Bonchev–Trinajstić information content (AvgIpc) is 3.18. The smallest absolute Gasteiger partial charge is 0.124 e. The third kappa shape index (κ3) is 2.41. The first-order chi connectivity index (χ1) is 11.3. The van der Waals surface area contributed by atoms with Crippen LogP contribution in [0.4, 0.5) is 0 Å². The van der Waals surface area contributed by atoms with Crippen molar-refractivity contribution < 1.29 is 0 Å². The lowest BCUT2D eigenvalue weighted by atomic mass is 9.86. The molecule has 0 amide bonds. The Balaban J connectivity index is 1.87. The van der Waals surface area contributed by atoms with E-state index in [4.69, 9.17) is 10.7 Å². The minimum absolute atomic E-state index is 0.346. The second-order valence-corrected chi connectivity index (χ2v) is 7.19. The van der Waals surface area contributed by atoms with Crippen molar-refractivity contribution in [2.75, 3.05) is 6.54 Å². The Hall–Kier alpha value is -1.97. The molecule has 1 aliphatic carbocycles. The van der Waals surface area contributed by atoms with Crippen molar-refractivity contribution in [3.05, 3.63) is 23.5 Å². The third-order valence-electron chi connectivity index (χ3n) is 4.95. The van der Waals surface area contributed by atoms with Crippen LogP contribution in [0.25, 0.3) is 21.3 Å². The second-order valence-electron chi connectivity index (χ2n) is 6.27. The van der Waals surface area contributed by atoms with Crippen LogP contribution < -0.4 is 5.73 Å². The molecule has 0 radical (unpaired) electrons. The standard InChI is InChI=1S/C17H19N5S/c18-7-5-15-21-14-10-20-13-6-8-23-17(13)16(14)22(15)12-3-1-11(9-19)2-4-12/h6,8,10-12H,1-5,9,19H2/t11-,12-. The summed E-state index contributed by atoms with van der Waals surface area (Å²) in [7, 11) is 0. The number of hydrogen-bond acceptors (Lipinski definition) is 5. The molecule has 23 heavy (non-hydrogen) atoms. The van der Waals surface area contributed by atoms with Crippen molar-refractivity contribution in [1.82, 2.24) is 14.5 Å². The van der Waals surface area contributed by atoms with Crippen LogP contribution in [-0.2, 0) is 6.42 Å². The van der Waals surface area contributed by atoms with Gasteiger partial charge in [0.2, 0.25) is 0 Å². The average molecular weight is 325 g/mol. The van der Waals surface area contributed by atoms with E-state index in [9.17, 15) is 5.26 Å². The number of hydrogen-bond donors (Lipinski definition) is 1. The maximum Gasteiger partial charge on any atom is 0.124 e. The van der Waals surface area contributed by atoms with Gasteiger partial charge in [-0.15, -0.1) is 11.3 Å². The summed E-state index contributed by atoms with van der Waals surface area (Å²) in [5.41, 5.74) is 8.91. The number of pyridine rings is 1. The fourth-order valence-corrected chi connectivity index (χ4v) is 4.64. The third-order valence-corrected chi connectivity index (χ3v) is 5.86. The van der Waals surface area contributed by atoms with Gasteiger partial charge in [0.1, 0.15) is 11.3 Å². The topological polar surface area (TPSA) is 80.5 Å². The van der Waals surface area contributed by atoms with Crippen LogP contribution in [0.15, 0.2) is 17.6 Å². The lowest BCUT2D eigenvalue weighted by Gasteiger charge is -2.30. The normalized spacial score (nSPS) is 21.7. The van der Waals surface area contributed by atoms with Gasteiger partial charge in [0.25, 0.3) is 0 Å². The Kier molecular flexibility index (Phi) is 3.76. The van der Waals surface area contributed by atoms with E-state index < -0.39 is 0 Å². The van der Waals surface area contributed by atoms with E-state index in [-0.39, 0.29) is 0 Å². The quantitative estimate of drug-likeness (QED) is 0.800. The molecule has 5 nitrogen and oxygen atoms in total. The van der Waals surface area contributed by atoms with Gasteiger partial charge in [0.05, 0.1) is 34.4 Å². The molecule has 0 unspecified atom stereocenters. The maximum absolute atomic E-state index is 9.19. The molecule has 6 heteroatoms. The summed E-state index contributed by atoms with van der Waals surface area (Å²) in [5, 5.41) is 11.3. The molecular formula is C17H19N5S. The zero-order chi connectivity index (χ0) is 15.8. The number of nitrogens with zero attached hydrogens (tertiary/aromatic N) is 4. The number of nitriles is 1.